The fourth-order valence-corrected chi connectivity index (χ4v) is 8.34. The predicted molar refractivity (Wildman–Crippen MR) is 161 cm³/mol. The van der Waals surface area contributed by atoms with Gasteiger partial charge in [-0.15, -0.1) is 23.1 Å². The predicted octanol–water partition coefficient (Wildman–Crippen LogP) is 7.57. The molecule has 2 saturated carbocycles. The summed E-state index contributed by atoms with van der Waals surface area (Å²) in [5, 5.41) is 3.28. The van der Waals surface area contributed by atoms with Gasteiger partial charge in [-0.3, -0.25) is 9.69 Å². The van der Waals surface area contributed by atoms with E-state index in [0.717, 1.165) is 84.2 Å². The summed E-state index contributed by atoms with van der Waals surface area (Å²) in [5.74, 6) is 1.81. The van der Waals surface area contributed by atoms with Gasteiger partial charge in [0.25, 0.3) is 5.91 Å². The summed E-state index contributed by atoms with van der Waals surface area (Å²) in [6, 6.07) is 6.33. The zero-order valence-electron chi connectivity index (χ0n) is 23.8. The van der Waals surface area contributed by atoms with Gasteiger partial charge < -0.3 is 10.2 Å². The molecule has 2 fully saturated rings. The molecule has 0 atom stereocenters. The highest BCUT2D eigenvalue weighted by Gasteiger charge is 2.39. The van der Waals surface area contributed by atoms with Gasteiger partial charge in [-0.1, -0.05) is 19.9 Å². The van der Waals surface area contributed by atoms with Gasteiger partial charge in [0.05, 0.1) is 10.6 Å². The lowest BCUT2D eigenvalue weighted by Gasteiger charge is -2.30. The molecule has 42 heavy (non-hydrogen) atoms. The van der Waals surface area contributed by atoms with Crippen LogP contribution in [0.3, 0.4) is 0 Å². The van der Waals surface area contributed by atoms with Gasteiger partial charge in [-0.05, 0) is 72.8 Å². The maximum absolute atomic E-state index is 14.2. The van der Waals surface area contributed by atoms with Crippen molar-refractivity contribution in [1.82, 2.24) is 19.8 Å². The smallest absolute Gasteiger partial charge is 0.334 e. The molecule has 0 unspecified atom stereocenters. The van der Waals surface area contributed by atoms with Crippen LogP contribution < -0.4 is 5.32 Å². The number of nitrogens with one attached hydrogen (secondary N) is 1. The van der Waals surface area contributed by atoms with E-state index < -0.39 is 11.7 Å². The molecule has 1 amide bonds. The summed E-state index contributed by atoms with van der Waals surface area (Å²) in [6.45, 7) is 8.02. The van der Waals surface area contributed by atoms with Gasteiger partial charge in [0, 0.05) is 54.8 Å². The molecule has 0 radical (unpaired) electrons. The van der Waals surface area contributed by atoms with Crippen molar-refractivity contribution in [3.05, 3.63) is 51.5 Å². The summed E-state index contributed by atoms with van der Waals surface area (Å²) < 4.78 is 42.6. The molecular weight excluding hydrogens is 580 g/mol. The van der Waals surface area contributed by atoms with E-state index in [1.165, 1.54) is 35.7 Å². The third-order valence-electron chi connectivity index (χ3n) is 8.60. The van der Waals surface area contributed by atoms with Gasteiger partial charge in [0.2, 0.25) is 5.95 Å². The van der Waals surface area contributed by atoms with E-state index in [9.17, 15) is 18.0 Å². The molecule has 6 nitrogen and oxygen atoms in total. The number of halogens is 3. The molecule has 3 aromatic rings. The van der Waals surface area contributed by atoms with Crippen LogP contribution in [0, 0.1) is 5.92 Å². The minimum atomic E-state index is -4.63. The summed E-state index contributed by atoms with van der Waals surface area (Å²) in [7, 11) is 0. The maximum Gasteiger partial charge on any atom is 0.420 e. The molecule has 0 saturated heterocycles. The van der Waals surface area contributed by atoms with Crippen LogP contribution in [0.5, 0.6) is 0 Å². The minimum Gasteiger partial charge on any atom is -0.334 e. The Morgan fingerprint density at radius 3 is 2.62 bits per heavy atom. The van der Waals surface area contributed by atoms with Gasteiger partial charge >= 0.3 is 6.18 Å². The zero-order valence-corrected chi connectivity index (χ0v) is 25.4. The number of aromatic nitrogens is 2. The number of thioether (sulfide) groups is 1. The SMILES string of the molecule is CC(C)c1cc2c(cc1Nc1ncc(C(F)(F)F)c(-c3cc4c(s3)C(=O)N(C3CC3)CCS4)n1)CCN(CC1CC1)C2. The first-order valence-electron chi connectivity index (χ1n) is 14.8. The number of carbonyl (C=O) groups excluding carboxylic acids is 1. The Labute approximate surface area is 252 Å². The van der Waals surface area contributed by atoms with Crippen molar-refractivity contribution in [2.24, 2.45) is 5.92 Å². The van der Waals surface area contributed by atoms with Gasteiger partial charge in [-0.25, -0.2) is 9.97 Å². The van der Waals surface area contributed by atoms with E-state index in [1.807, 2.05) is 4.90 Å². The van der Waals surface area contributed by atoms with Crippen LogP contribution in [-0.4, -0.2) is 57.1 Å². The lowest BCUT2D eigenvalue weighted by molar-refractivity contribution is -0.137. The van der Waals surface area contributed by atoms with E-state index in [-0.39, 0.29) is 29.5 Å². The number of benzene rings is 1. The van der Waals surface area contributed by atoms with Crippen molar-refractivity contribution in [1.29, 1.82) is 0 Å². The molecule has 11 heteroatoms. The van der Waals surface area contributed by atoms with E-state index in [2.05, 4.69) is 46.2 Å². The van der Waals surface area contributed by atoms with Crippen molar-refractivity contribution in [2.75, 3.05) is 30.7 Å². The summed E-state index contributed by atoms with van der Waals surface area (Å²) >= 11 is 2.63. The Hall–Kier alpha value is -2.63. The highest BCUT2D eigenvalue weighted by atomic mass is 32.2. The van der Waals surface area contributed by atoms with Crippen LogP contribution in [-0.2, 0) is 19.1 Å². The molecule has 1 N–H and O–H groups in total. The maximum atomic E-state index is 14.2. The number of carbonyl (C=O) groups is 1. The number of alkyl halides is 3. The quantitative estimate of drug-likeness (QED) is 0.297. The second kappa shape index (κ2) is 10.8. The lowest BCUT2D eigenvalue weighted by Crippen LogP contribution is -2.33. The Morgan fingerprint density at radius 1 is 1.10 bits per heavy atom. The van der Waals surface area contributed by atoms with Gasteiger partial charge in [0.1, 0.15) is 10.4 Å². The summed E-state index contributed by atoms with van der Waals surface area (Å²) in [5.41, 5.74) is 3.43. The minimum absolute atomic E-state index is 0.0824. The van der Waals surface area contributed by atoms with Crippen molar-refractivity contribution < 1.29 is 18.0 Å². The van der Waals surface area contributed by atoms with E-state index in [1.54, 1.807) is 6.07 Å². The number of hydrogen-bond acceptors (Lipinski definition) is 7. The zero-order chi connectivity index (χ0) is 29.2. The van der Waals surface area contributed by atoms with E-state index >= 15 is 0 Å². The lowest BCUT2D eigenvalue weighted by atomic mass is 9.91. The highest BCUT2D eigenvalue weighted by Crippen LogP contribution is 2.45. The largest absolute Gasteiger partial charge is 0.420 e. The topological polar surface area (TPSA) is 61.4 Å². The van der Waals surface area contributed by atoms with Gasteiger partial charge in [0.15, 0.2) is 0 Å². The van der Waals surface area contributed by atoms with E-state index in [0.29, 0.717) is 16.3 Å². The second-order valence-electron chi connectivity index (χ2n) is 12.3. The number of hydrogen-bond donors (Lipinski definition) is 1. The fourth-order valence-electron chi connectivity index (χ4n) is 6.02. The van der Waals surface area contributed by atoms with Crippen LogP contribution in [0.4, 0.5) is 24.8 Å². The fraction of sp³-hybridized carbons (Fsp3) is 0.516. The second-order valence-corrected chi connectivity index (χ2v) is 14.4. The third-order valence-corrected chi connectivity index (χ3v) is 10.9. The standard InChI is InChI=1S/C31H34F3N5OS2/c1-17(2)22-11-20-16-38(15-18-3-4-18)8-7-19(20)12-24(22)36-30-35-14-23(31(32,33)34)27(37-30)25-13-26-28(42-25)29(40)39(9-10-41-26)21-5-6-21/h11-14,17-18,21H,3-10,15-16H2,1-2H3,(H,35,36,37). The number of anilines is 2. The summed E-state index contributed by atoms with van der Waals surface area (Å²) in [4.78, 5) is 27.9. The number of rotatable bonds is 7. The number of amides is 1. The average Bonchev–Trinajstić information content (AvgIpc) is 3.88. The normalized spacial score (nSPS) is 19.6. The van der Waals surface area contributed by atoms with Crippen molar-refractivity contribution in [3.8, 4) is 10.6 Å². The molecule has 2 aliphatic carbocycles. The van der Waals surface area contributed by atoms with Crippen molar-refractivity contribution >= 4 is 40.6 Å². The summed E-state index contributed by atoms with van der Waals surface area (Å²) in [6.07, 6.45) is 1.82. The first-order valence-corrected chi connectivity index (χ1v) is 16.6. The third kappa shape index (κ3) is 5.67. The molecule has 2 aromatic heterocycles. The van der Waals surface area contributed by atoms with Crippen LogP contribution in [0.2, 0.25) is 0 Å². The van der Waals surface area contributed by atoms with Crippen LogP contribution in [0.1, 0.15) is 77.4 Å². The number of nitrogens with zero attached hydrogens (tertiary/aromatic N) is 4. The molecule has 2 aliphatic heterocycles. The van der Waals surface area contributed by atoms with Crippen molar-refractivity contribution in [2.45, 2.75) is 75.5 Å². The number of fused-ring (bicyclic) bond motifs is 2. The number of thiophene rings is 1. The molecular formula is C31H34F3N5OS2. The molecule has 1 aromatic carbocycles. The Kier molecular flexibility index (Phi) is 7.25. The van der Waals surface area contributed by atoms with Crippen molar-refractivity contribution in [3.63, 3.8) is 0 Å². The first-order chi connectivity index (χ1) is 20.1. The molecule has 0 bridgehead atoms. The van der Waals surface area contributed by atoms with Crippen LogP contribution >= 0.6 is 23.1 Å². The van der Waals surface area contributed by atoms with Gasteiger partial charge in [-0.2, -0.15) is 13.2 Å². The molecule has 0 spiro atoms. The Morgan fingerprint density at radius 2 is 1.90 bits per heavy atom. The monoisotopic (exact) mass is 613 g/mol. The Bertz CT molecular complexity index is 1530. The average molecular weight is 614 g/mol. The highest BCUT2D eigenvalue weighted by molar-refractivity contribution is 7.99. The Balaban J connectivity index is 1.22. The molecule has 7 rings (SSSR count). The first kappa shape index (κ1) is 28.2. The van der Waals surface area contributed by atoms with Crippen LogP contribution in [0.25, 0.3) is 10.6 Å². The molecule has 4 heterocycles. The van der Waals surface area contributed by atoms with Crippen LogP contribution in [0.15, 0.2) is 29.3 Å². The molecule has 222 valence electrons. The molecule has 4 aliphatic rings. The van der Waals surface area contributed by atoms with E-state index in [4.69, 9.17) is 0 Å².